The molecule has 2 unspecified atom stereocenters. The molecule has 1 aromatic carbocycles. The van der Waals surface area contributed by atoms with Gasteiger partial charge in [0.15, 0.2) is 0 Å². The van der Waals surface area contributed by atoms with E-state index in [2.05, 4.69) is 58.1 Å². The minimum Gasteiger partial charge on any atom is -0.494 e. The Bertz CT molecular complexity index is 878. The fourth-order valence-electron chi connectivity index (χ4n) is 2.53. The number of benzene rings is 1. The number of nitrogens with one attached hydrogen (secondary N) is 1. The molecular formula is C18H20Br2N3O4P. The standard InChI is InChI=1S/C18H20Br2N3O4P/c1-10(4-11-5-13(19)16(26-2)14(20)6-11)17(24)22-15(18(25)27-3)7-12-8-23(28)9-21-12/h5-6,8-9,15H,1,4,7,28H2,2-3H3,(H,22,24). The first-order chi connectivity index (χ1) is 13.2. The van der Waals surface area contributed by atoms with Gasteiger partial charge in [-0.3, -0.25) is 4.79 Å². The second-order valence-electron chi connectivity index (χ2n) is 5.94. The Morgan fingerprint density at radius 1 is 1.32 bits per heavy atom. The second kappa shape index (κ2) is 10.2. The van der Waals surface area contributed by atoms with E-state index in [1.165, 1.54) is 7.11 Å². The SMILES string of the molecule is C=C(Cc1cc(Br)c(OC)c(Br)c1)C(=O)NC(Cc1cn(P)cn1)C(=O)OC. The van der Waals surface area contributed by atoms with Crippen LogP contribution in [0.5, 0.6) is 5.75 Å². The Balaban J connectivity index is 2.08. The fraction of sp³-hybridized carbons (Fsp3) is 0.278. The molecule has 0 aliphatic carbocycles. The van der Waals surface area contributed by atoms with Gasteiger partial charge in [0.25, 0.3) is 0 Å². The van der Waals surface area contributed by atoms with Crippen LogP contribution < -0.4 is 10.1 Å². The van der Waals surface area contributed by atoms with Crippen molar-refractivity contribution in [3.8, 4) is 5.75 Å². The summed E-state index contributed by atoms with van der Waals surface area (Å²) >= 11 is 6.87. The second-order valence-corrected chi connectivity index (χ2v) is 8.24. The smallest absolute Gasteiger partial charge is 0.328 e. The molecule has 0 spiro atoms. The van der Waals surface area contributed by atoms with E-state index in [0.717, 1.165) is 14.5 Å². The third-order valence-electron chi connectivity index (χ3n) is 3.86. The zero-order valence-corrected chi connectivity index (χ0v) is 19.7. The van der Waals surface area contributed by atoms with Crippen molar-refractivity contribution in [3.05, 3.63) is 57.0 Å². The van der Waals surface area contributed by atoms with Crippen LogP contribution in [0.25, 0.3) is 0 Å². The quantitative estimate of drug-likeness (QED) is 0.321. The molecule has 0 radical (unpaired) electrons. The van der Waals surface area contributed by atoms with Crippen LogP contribution in [0.2, 0.25) is 0 Å². The van der Waals surface area contributed by atoms with Gasteiger partial charge in [-0.15, -0.1) is 0 Å². The number of aromatic nitrogens is 2. The zero-order chi connectivity index (χ0) is 20.8. The molecule has 2 rings (SSSR count). The monoisotopic (exact) mass is 531 g/mol. The first kappa shape index (κ1) is 22.6. The van der Waals surface area contributed by atoms with Gasteiger partial charge in [-0.05, 0) is 58.9 Å². The number of methoxy groups -OCH3 is 2. The number of hydrogen-bond acceptors (Lipinski definition) is 5. The van der Waals surface area contributed by atoms with Crippen molar-refractivity contribution < 1.29 is 19.1 Å². The highest BCUT2D eigenvalue weighted by Gasteiger charge is 2.24. The number of amides is 1. The van der Waals surface area contributed by atoms with E-state index < -0.39 is 17.9 Å². The molecule has 0 aliphatic rings. The lowest BCUT2D eigenvalue weighted by atomic mass is 10.0. The van der Waals surface area contributed by atoms with Crippen LogP contribution in [0.3, 0.4) is 0 Å². The van der Waals surface area contributed by atoms with Gasteiger partial charge in [0.05, 0.1) is 35.2 Å². The zero-order valence-electron chi connectivity index (χ0n) is 15.4. The molecule has 10 heteroatoms. The lowest BCUT2D eigenvalue weighted by molar-refractivity contribution is -0.144. The lowest BCUT2D eigenvalue weighted by Crippen LogP contribution is -2.43. The maximum Gasteiger partial charge on any atom is 0.328 e. The molecule has 150 valence electrons. The largest absolute Gasteiger partial charge is 0.494 e. The van der Waals surface area contributed by atoms with Gasteiger partial charge in [-0.2, -0.15) is 0 Å². The number of imidazole rings is 1. The predicted molar refractivity (Wildman–Crippen MR) is 116 cm³/mol. The molecule has 1 N–H and O–H groups in total. The molecule has 0 saturated heterocycles. The van der Waals surface area contributed by atoms with Crippen molar-refractivity contribution >= 4 is 53.1 Å². The summed E-state index contributed by atoms with van der Waals surface area (Å²) in [5.41, 5.74) is 1.82. The summed E-state index contributed by atoms with van der Waals surface area (Å²) in [6.07, 6.45) is 3.86. The van der Waals surface area contributed by atoms with Gasteiger partial charge in [-0.25, -0.2) is 9.78 Å². The van der Waals surface area contributed by atoms with Crippen molar-refractivity contribution in [2.24, 2.45) is 0 Å². The number of hydrogen-bond donors (Lipinski definition) is 1. The molecule has 0 aliphatic heterocycles. The average Bonchev–Trinajstić information content (AvgIpc) is 3.05. The van der Waals surface area contributed by atoms with Crippen molar-refractivity contribution in [2.75, 3.05) is 14.2 Å². The third kappa shape index (κ3) is 5.90. The highest BCUT2D eigenvalue weighted by atomic mass is 79.9. The summed E-state index contributed by atoms with van der Waals surface area (Å²) in [6.45, 7) is 3.85. The molecule has 2 atom stereocenters. The highest BCUT2D eigenvalue weighted by molar-refractivity contribution is 9.11. The molecule has 0 fully saturated rings. The molecule has 1 heterocycles. The normalized spacial score (nSPS) is 11.6. The van der Waals surface area contributed by atoms with Crippen LogP contribution in [-0.4, -0.2) is 41.5 Å². The minimum atomic E-state index is -0.858. The Hall–Kier alpha value is -1.70. The summed E-state index contributed by atoms with van der Waals surface area (Å²) in [5, 5.41) is 2.68. The first-order valence-corrected chi connectivity index (χ1v) is 10.2. The molecule has 2 aromatic rings. The third-order valence-corrected chi connectivity index (χ3v) is 5.32. The van der Waals surface area contributed by atoms with Crippen molar-refractivity contribution in [2.45, 2.75) is 18.9 Å². The Kier molecular flexibility index (Phi) is 8.22. The number of halogens is 2. The Morgan fingerprint density at radius 3 is 2.46 bits per heavy atom. The summed E-state index contributed by atoms with van der Waals surface area (Å²) in [7, 11) is 5.30. The molecule has 1 aromatic heterocycles. The number of carbonyl (C=O) groups is 2. The van der Waals surface area contributed by atoms with E-state index in [4.69, 9.17) is 9.47 Å². The van der Waals surface area contributed by atoms with Crippen LogP contribution >= 0.6 is 41.3 Å². The van der Waals surface area contributed by atoms with E-state index in [1.54, 1.807) is 24.0 Å². The molecule has 1 amide bonds. The van der Waals surface area contributed by atoms with Gasteiger partial charge in [-0.1, -0.05) is 6.58 Å². The fourth-order valence-corrected chi connectivity index (χ4v) is 4.37. The van der Waals surface area contributed by atoms with Crippen molar-refractivity contribution in [1.82, 2.24) is 14.6 Å². The number of ether oxygens (including phenoxy) is 2. The molecule has 0 bridgehead atoms. The van der Waals surface area contributed by atoms with Crippen LogP contribution in [0.15, 0.2) is 45.8 Å². The molecule has 7 nitrogen and oxygen atoms in total. The molecular weight excluding hydrogens is 513 g/mol. The summed E-state index contributed by atoms with van der Waals surface area (Å²) < 4.78 is 13.3. The van der Waals surface area contributed by atoms with E-state index in [0.29, 0.717) is 23.4 Å². The molecule has 28 heavy (non-hydrogen) atoms. The Morgan fingerprint density at radius 2 is 1.96 bits per heavy atom. The summed E-state index contributed by atoms with van der Waals surface area (Å²) in [5.74, 6) is -0.309. The molecule has 0 saturated carbocycles. The van der Waals surface area contributed by atoms with Crippen LogP contribution in [0.4, 0.5) is 0 Å². The topological polar surface area (TPSA) is 82.5 Å². The summed E-state index contributed by atoms with van der Waals surface area (Å²) in [4.78, 5) is 28.8. The highest BCUT2D eigenvalue weighted by Crippen LogP contribution is 2.34. The van der Waals surface area contributed by atoms with Crippen LogP contribution in [0, 0.1) is 0 Å². The van der Waals surface area contributed by atoms with Gasteiger partial charge < -0.3 is 19.1 Å². The summed E-state index contributed by atoms with van der Waals surface area (Å²) in [6, 6.07) is 2.85. The van der Waals surface area contributed by atoms with Crippen LogP contribution in [-0.2, 0) is 27.2 Å². The van der Waals surface area contributed by atoms with Crippen LogP contribution in [0.1, 0.15) is 11.3 Å². The maximum absolute atomic E-state index is 12.6. The maximum atomic E-state index is 12.6. The van der Waals surface area contributed by atoms with E-state index in [9.17, 15) is 9.59 Å². The first-order valence-electron chi connectivity index (χ1n) is 8.11. The predicted octanol–water partition coefficient (Wildman–Crippen LogP) is 3.05. The lowest BCUT2D eigenvalue weighted by Gasteiger charge is -2.17. The number of nitrogens with zero attached hydrogens (tertiary/aromatic N) is 2. The van der Waals surface area contributed by atoms with E-state index in [1.807, 2.05) is 12.1 Å². The van der Waals surface area contributed by atoms with Crippen molar-refractivity contribution in [1.29, 1.82) is 0 Å². The van der Waals surface area contributed by atoms with Gasteiger partial charge in [0, 0.05) is 24.6 Å². The van der Waals surface area contributed by atoms with Gasteiger partial charge >= 0.3 is 5.97 Å². The average molecular weight is 533 g/mol. The van der Waals surface area contributed by atoms with Crippen molar-refractivity contribution in [3.63, 3.8) is 0 Å². The number of esters is 1. The van der Waals surface area contributed by atoms with Gasteiger partial charge in [0.2, 0.25) is 5.91 Å². The number of rotatable bonds is 8. The Labute approximate surface area is 182 Å². The number of carbonyl (C=O) groups excluding carboxylic acids is 2. The minimum absolute atomic E-state index is 0.215. The van der Waals surface area contributed by atoms with E-state index >= 15 is 0 Å². The van der Waals surface area contributed by atoms with E-state index in [-0.39, 0.29) is 6.42 Å². The van der Waals surface area contributed by atoms with Gasteiger partial charge in [0.1, 0.15) is 11.8 Å².